The highest BCUT2D eigenvalue weighted by Gasteiger charge is 2.37. The number of aromatic nitrogens is 4. The molecular formula is C19H19BrF3N5O. The summed E-state index contributed by atoms with van der Waals surface area (Å²) in [6.07, 6.45) is -4.59. The third-order valence-corrected chi connectivity index (χ3v) is 5.33. The summed E-state index contributed by atoms with van der Waals surface area (Å²) < 4.78 is 41.6. The highest BCUT2D eigenvalue weighted by Crippen LogP contribution is 2.35. The number of halogens is 4. The maximum atomic E-state index is 12.9. The van der Waals surface area contributed by atoms with Crippen LogP contribution in [0.5, 0.6) is 0 Å². The Morgan fingerprint density at radius 3 is 2.45 bits per heavy atom. The number of carbonyl (C=O) groups is 1. The van der Waals surface area contributed by atoms with Gasteiger partial charge in [-0.15, -0.1) is 0 Å². The van der Waals surface area contributed by atoms with Crippen molar-refractivity contribution in [1.29, 1.82) is 0 Å². The standard InChI is InChI=1S/C19H19BrF3N5O/c1-12-10-15(25-28(12)11-14-6-4-3-5-7-14)24-16(29)8-9-27-13(2)17(20)18(26-27)19(21,22)23/h3-7,10H,8-9,11H2,1-2H3,(H,24,25,29). The van der Waals surface area contributed by atoms with Gasteiger partial charge in [0.2, 0.25) is 5.91 Å². The highest BCUT2D eigenvalue weighted by molar-refractivity contribution is 9.10. The van der Waals surface area contributed by atoms with Crippen LogP contribution in [0.1, 0.15) is 29.1 Å². The maximum Gasteiger partial charge on any atom is 0.436 e. The first kappa shape index (κ1) is 21.1. The Bertz CT molecular complexity index is 1010. The van der Waals surface area contributed by atoms with Gasteiger partial charge in [-0.05, 0) is 35.3 Å². The second kappa shape index (κ2) is 8.40. The van der Waals surface area contributed by atoms with Crippen LogP contribution in [-0.2, 0) is 24.1 Å². The van der Waals surface area contributed by atoms with Crippen LogP contribution in [0.15, 0.2) is 40.9 Å². The minimum Gasteiger partial charge on any atom is -0.309 e. The second-order valence-electron chi connectivity index (χ2n) is 6.58. The van der Waals surface area contributed by atoms with E-state index in [1.54, 1.807) is 10.7 Å². The normalized spacial score (nSPS) is 11.7. The average Bonchev–Trinajstić information content (AvgIpc) is 3.14. The van der Waals surface area contributed by atoms with Gasteiger partial charge in [-0.1, -0.05) is 30.3 Å². The van der Waals surface area contributed by atoms with Gasteiger partial charge in [-0.25, -0.2) is 0 Å². The zero-order valence-electron chi connectivity index (χ0n) is 15.8. The Morgan fingerprint density at radius 1 is 1.14 bits per heavy atom. The fourth-order valence-electron chi connectivity index (χ4n) is 2.82. The summed E-state index contributed by atoms with van der Waals surface area (Å²) in [5.74, 6) is 0.0479. The maximum absolute atomic E-state index is 12.9. The van der Waals surface area contributed by atoms with E-state index in [2.05, 4.69) is 31.4 Å². The van der Waals surface area contributed by atoms with Gasteiger partial charge in [-0.3, -0.25) is 14.2 Å². The average molecular weight is 470 g/mol. The Balaban J connectivity index is 1.61. The molecule has 0 aliphatic carbocycles. The van der Waals surface area contributed by atoms with Gasteiger partial charge in [0, 0.05) is 18.2 Å². The van der Waals surface area contributed by atoms with Crippen LogP contribution < -0.4 is 5.32 Å². The molecule has 1 aromatic carbocycles. The van der Waals surface area contributed by atoms with E-state index in [1.165, 1.54) is 11.6 Å². The molecule has 0 spiro atoms. The van der Waals surface area contributed by atoms with Crippen molar-refractivity contribution in [1.82, 2.24) is 19.6 Å². The number of nitrogens with one attached hydrogen (secondary N) is 1. The summed E-state index contributed by atoms with van der Waals surface area (Å²) in [4.78, 5) is 12.2. The summed E-state index contributed by atoms with van der Waals surface area (Å²) in [6.45, 7) is 3.99. The summed E-state index contributed by atoms with van der Waals surface area (Å²) >= 11 is 2.92. The third kappa shape index (κ3) is 5.06. The first-order chi connectivity index (χ1) is 13.6. The Labute approximate surface area is 173 Å². The van der Waals surface area contributed by atoms with Crippen LogP contribution in [0.3, 0.4) is 0 Å². The molecule has 2 heterocycles. The van der Waals surface area contributed by atoms with Gasteiger partial charge in [0.15, 0.2) is 11.5 Å². The zero-order chi connectivity index (χ0) is 21.2. The number of nitrogens with zero attached hydrogens (tertiary/aromatic N) is 4. The van der Waals surface area contributed by atoms with Crippen molar-refractivity contribution in [2.75, 3.05) is 5.32 Å². The van der Waals surface area contributed by atoms with Gasteiger partial charge >= 0.3 is 6.18 Å². The molecule has 0 saturated carbocycles. The largest absolute Gasteiger partial charge is 0.436 e. The Hall–Kier alpha value is -2.62. The third-order valence-electron chi connectivity index (χ3n) is 4.38. The van der Waals surface area contributed by atoms with Gasteiger partial charge in [0.25, 0.3) is 0 Å². The van der Waals surface area contributed by atoms with Gasteiger partial charge in [0.05, 0.1) is 23.3 Å². The minimum absolute atomic E-state index is 0.0239. The highest BCUT2D eigenvalue weighted by atomic mass is 79.9. The number of amides is 1. The first-order valence-corrected chi connectivity index (χ1v) is 9.63. The number of benzene rings is 1. The molecule has 2 aromatic heterocycles. The molecule has 154 valence electrons. The van der Waals surface area contributed by atoms with Gasteiger partial charge in [-0.2, -0.15) is 23.4 Å². The van der Waals surface area contributed by atoms with Crippen LogP contribution in [0.25, 0.3) is 0 Å². The minimum atomic E-state index is -4.56. The predicted molar refractivity (Wildman–Crippen MR) is 105 cm³/mol. The number of carbonyl (C=O) groups excluding carboxylic acids is 1. The van der Waals surface area contributed by atoms with Crippen LogP contribution in [0.2, 0.25) is 0 Å². The number of hydrogen-bond acceptors (Lipinski definition) is 3. The van der Waals surface area contributed by atoms with E-state index in [9.17, 15) is 18.0 Å². The molecule has 0 radical (unpaired) electrons. The molecule has 10 heteroatoms. The zero-order valence-corrected chi connectivity index (χ0v) is 17.4. The van der Waals surface area contributed by atoms with Crippen LogP contribution in [-0.4, -0.2) is 25.5 Å². The van der Waals surface area contributed by atoms with Crippen LogP contribution in [0, 0.1) is 13.8 Å². The molecule has 0 saturated heterocycles. The molecule has 3 aromatic rings. The molecule has 1 N–H and O–H groups in total. The summed E-state index contributed by atoms with van der Waals surface area (Å²) in [6, 6.07) is 11.5. The van der Waals surface area contributed by atoms with Crippen LogP contribution >= 0.6 is 15.9 Å². The van der Waals surface area contributed by atoms with E-state index in [1.807, 2.05) is 37.3 Å². The van der Waals surface area contributed by atoms with E-state index in [0.717, 1.165) is 11.3 Å². The summed E-state index contributed by atoms with van der Waals surface area (Å²) in [5.41, 5.74) is 1.28. The SMILES string of the molecule is Cc1cc(NC(=O)CCn2nc(C(F)(F)F)c(Br)c2C)nn1Cc1ccccc1. The van der Waals surface area contributed by atoms with Crippen LogP contribution in [0.4, 0.5) is 19.0 Å². The first-order valence-electron chi connectivity index (χ1n) is 8.83. The van der Waals surface area contributed by atoms with Crippen molar-refractivity contribution in [2.45, 2.75) is 39.5 Å². The number of alkyl halides is 3. The number of anilines is 1. The fourth-order valence-corrected chi connectivity index (χ4v) is 3.33. The topological polar surface area (TPSA) is 64.7 Å². The lowest BCUT2D eigenvalue weighted by Crippen LogP contribution is -2.16. The van der Waals surface area contributed by atoms with Crippen molar-refractivity contribution in [2.24, 2.45) is 0 Å². The lowest BCUT2D eigenvalue weighted by atomic mass is 10.2. The summed E-state index contributed by atoms with van der Waals surface area (Å²) in [5, 5.41) is 10.6. The van der Waals surface area contributed by atoms with E-state index in [-0.39, 0.29) is 23.3 Å². The molecule has 0 bridgehead atoms. The van der Waals surface area contributed by atoms with E-state index >= 15 is 0 Å². The summed E-state index contributed by atoms with van der Waals surface area (Å²) in [7, 11) is 0. The Kier molecular flexibility index (Phi) is 6.11. The van der Waals surface area contributed by atoms with Crippen molar-refractivity contribution < 1.29 is 18.0 Å². The fraction of sp³-hybridized carbons (Fsp3) is 0.316. The molecule has 0 fully saturated rings. The van der Waals surface area contributed by atoms with Gasteiger partial charge < -0.3 is 5.32 Å². The van der Waals surface area contributed by atoms with E-state index in [0.29, 0.717) is 18.1 Å². The molecule has 0 unspecified atom stereocenters. The van der Waals surface area contributed by atoms with E-state index in [4.69, 9.17) is 0 Å². The van der Waals surface area contributed by atoms with Crippen molar-refractivity contribution in [3.8, 4) is 0 Å². The molecule has 0 atom stereocenters. The molecule has 3 rings (SSSR count). The molecule has 1 amide bonds. The molecule has 6 nitrogen and oxygen atoms in total. The lowest BCUT2D eigenvalue weighted by molar-refractivity contribution is -0.142. The van der Waals surface area contributed by atoms with Gasteiger partial charge in [0.1, 0.15) is 0 Å². The Morgan fingerprint density at radius 2 is 1.83 bits per heavy atom. The van der Waals surface area contributed by atoms with Crippen molar-refractivity contribution in [3.05, 3.63) is 63.5 Å². The second-order valence-corrected chi connectivity index (χ2v) is 7.37. The molecule has 0 aliphatic rings. The van der Waals surface area contributed by atoms with Crippen molar-refractivity contribution in [3.63, 3.8) is 0 Å². The quantitative estimate of drug-likeness (QED) is 0.575. The number of rotatable bonds is 6. The lowest BCUT2D eigenvalue weighted by Gasteiger charge is -2.05. The molecule has 29 heavy (non-hydrogen) atoms. The number of aryl methyl sites for hydroxylation is 2. The monoisotopic (exact) mass is 469 g/mol. The molecular weight excluding hydrogens is 451 g/mol. The van der Waals surface area contributed by atoms with Crippen molar-refractivity contribution >= 4 is 27.7 Å². The smallest absolute Gasteiger partial charge is 0.309 e. The predicted octanol–water partition coefficient (Wildman–Crippen LogP) is 4.55. The van der Waals surface area contributed by atoms with E-state index < -0.39 is 11.9 Å². The molecule has 0 aliphatic heterocycles. The number of hydrogen-bond donors (Lipinski definition) is 1.